The van der Waals surface area contributed by atoms with Gasteiger partial charge in [0.2, 0.25) is 0 Å². The molecule has 0 radical (unpaired) electrons. The molecule has 0 aromatic carbocycles. The molecule has 4 aliphatic rings. The summed E-state index contributed by atoms with van der Waals surface area (Å²) in [6.45, 7) is 7.14. The summed E-state index contributed by atoms with van der Waals surface area (Å²) in [5.74, 6) is 3.21. The van der Waals surface area contributed by atoms with Crippen molar-refractivity contribution in [1.82, 2.24) is 0 Å². The zero-order valence-corrected chi connectivity index (χ0v) is 14.9. The van der Waals surface area contributed by atoms with Crippen LogP contribution in [0.4, 0.5) is 0 Å². The van der Waals surface area contributed by atoms with Gasteiger partial charge in [0.25, 0.3) is 0 Å². The molecule has 6 atom stereocenters. The molecule has 0 aliphatic heterocycles. The van der Waals surface area contributed by atoms with E-state index in [1.807, 2.05) is 0 Å². The van der Waals surface area contributed by atoms with Gasteiger partial charge in [0.15, 0.2) is 11.6 Å². The summed E-state index contributed by atoms with van der Waals surface area (Å²) >= 11 is 0. The topological polar surface area (TPSA) is 34.1 Å². The summed E-state index contributed by atoms with van der Waals surface area (Å²) in [7, 11) is 0. The minimum atomic E-state index is -0.0282. The van der Waals surface area contributed by atoms with Gasteiger partial charge in [-0.05, 0) is 72.7 Å². The Balaban J connectivity index is 1.72. The third-order valence-electron chi connectivity index (χ3n) is 8.48. The van der Waals surface area contributed by atoms with Crippen molar-refractivity contribution >= 4 is 11.6 Å². The molecule has 126 valence electrons. The van der Waals surface area contributed by atoms with Crippen LogP contribution in [0, 0.1) is 34.5 Å². The summed E-state index contributed by atoms with van der Waals surface area (Å²) in [5.41, 5.74) is 1.31. The van der Waals surface area contributed by atoms with Gasteiger partial charge in [0, 0.05) is 18.4 Å². The minimum Gasteiger partial charge on any atom is -0.295 e. The minimum absolute atomic E-state index is 0.0282. The average molecular weight is 314 g/mol. The third-order valence-corrected chi connectivity index (χ3v) is 8.48. The molecular formula is C21H30O2. The average Bonchev–Trinajstić information content (AvgIpc) is 2.86. The van der Waals surface area contributed by atoms with Gasteiger partial charge in [-0.25, -0.2) is 0 Å². The largest absolute Gasteiger partial charge is 0.295 e. The number of carbonyl (C=O) groups excluding carboxylic acids is 2. The molecule has 0 aromatic heterocycles. The molecule has 0 aromatic rings. The molecular weight excluding hydrogens is 284 g/mol. The van der Waals surface area contributed by atoms with Crippen molar-refractivity contribution < 1.29 is 9.59 Å². The Morgan fingerprint density at radius 3 is 2.61 bits per heavy atom. The predicted octanol–water partition coefficient (Wildman–Crippen LogP) is 4.72. The van der Waals surface area contributed by atoms with Gasteiger partial charge in [-0.2, -0.15) is 0 Å². The van der Waals surface area contributed by atoms with Gasteiger partial charge in [-0.1, -0.05) is 27.2 Å². The van der Waals surface area contributed by atoms with E-state index in [0.717, 1.165) is 23.8 Å². The Hall–Kier alpha value is -0.920. The summed E-state index contributed by atoms with van der Waals surface area (Å²) in [6, 6.07) is 0. The van der Waals surface area contributed by atoms with E-state index < -0.39 is 0 Å². The molecule has 4 aliphatic carbocycles. The molecule has 3 saturated carbocycles. The van der Waals surface area contributed by atoms with Crippen molar-refractivity contribution in [2.45, 2.75) is 72.1 Å². The number of ketones is 2. The van der Waals surface area contributed by atoms with Crippen LogP contribution < -0.4 is 0 Å². The van der Waals surface area contributed by atoms with E-state index in [1.54, 1.807) is 6.08 Å². The molecule has 2 heteroatoms. The first kappa shape index (κ1) is 15.6. The maximum atomic E-state index is 12.9. The quantitative estimate of drug-likeness (QED) is 0.701. The molecule has 0 saturated heterocycles. The molecule has 23 heavy (non-hydrogen) atoms. The summed E-state index contributed by atoms with van der Waals surface area (Å²) < 4.78 is 0. The standard InChI is InChI=1S/C21H30O2/c1-4-13-5-6-16-15-12-19(23)18-11-14(22)7-9-21(18,3)17(15)8-10-20(13,16)2/h11,13,15-17H,4-10,12H2,1-3H3/t13-,15?,16?,17?,20+,21+/m0/s1. The van der Waals surface area contributed by atoms with Gasteiger partial charge >= 0.3 is 0 Å². The van der Waals surface area contributed by atoms with Crippen molar-refractivity contribution in [1.29, 1.82) is 0 Å². The third kappa shape index (κ3) is 1.99. The van der Waals surface area contributed by atoms with E-state index in [1.165, 1.54) is 32.1 Å². The van der Waals surface area contributed by atoms with Crippen LogP contribution in [-0.4, -0.2) is 11.6 Å². The van der Waals surface area contributed by atoms with E-state index in [9.17, 15) is 9.59 Å². The zero-order chi connectivity index (χ0) is 16.4. The number of Topliss-reactive ketones (excluding diaryl/α,β-unsaturated/α-hetero) is 1. The number of allylic oxidation sites excluding steroid dienone is 1. The van der Waals surface area contributed by atoms with E-state index in [0.29, 0.717) is 30.1 Å². The highest BCUT2D eigenvalue weighted by molar-refractivity contribution is 6.05. The van der Waals surface area contributed by atoms with Gasteiger partial charge < -0.3 is 0 Å². The maximum absolute atomic E-state index is 12.9. The first-order chi connectivity index (χ1) is 10.9. The Labute approximate surface area is 140 Å². The van der Waals surface area contributed by atoms with E-state index in [2.05, 4.69) is 20.8 Å². The lowest BCUT2D eigenvalue weighted by atomic mass is 9.46. The highest BCUT2D eigenvalue weighted by Gasteiger charge is 2.60. The fourth-order valence-electron chi connectivity index (χ4n) is 7.17. The Morgan fingerprint density at radius 1 is 1.09 bits per heavy atom. The summed E-state index contributed by atoms with van der Waals surface area (Å²) in [6.07, 6.45) is 10.5. The normalized spacial score (nSPS) is 49.3. The SMILES string of the molecule is CC[C@H]1CCC2C3CC(=O)C4=CC(=O)CC[C@]4(C)C3CC[C@@]21C. The molecule has 0 amide bonds. The molecule has 0 spiro atoms. The number of fused-ring (bicyclic) bond motifs is 5. The molecule has 2 nitrogen and oxygen atoms in total. The molecule has 3 fully saturated rings. The number of rotatable bonds is 1. The number of hydrogen-bond donors (Lipinski definition) is 0. The van der Waals surface area contributed by atoms with Crippen molar-refractivity contribution in [2.24, 2.45) is 34.5 Å². The van der Waals surface area contributed by atoms with Crippen LogP contribution >= 0.6 is 0 Å². The molecule has 0 N–H and O–H groups in total. The van der Waals surface area contributed by atoms with Crippen LogP contribution in [-0.2, 0) is 9.59 Å². The monoisotopic (exact) mass is 314 g/mol. The molecule has 0 bridgehead atoms. The van der Waals surface area contributed by atoms with E-state index in [4.69, 9.17) is 0 Å². The van der Waals surface area contributed by atoms with E-state index >= 15 is 0 Å². The van der Waals surface area contributed by atoms with Crippen molar-refractivity contribution in [3.05, 3.63) is 11.6 Å². The molecule has 0 heterocycles. The maximum Gasteiger partial charge on any atom is 0.159 e. The van der Waals surface area contributed by atoms with Crippen LogP contribution in [0.1, 0.15) is 72.1 Å². The first-order valence-electron chi connectivity index (χ1n) is 9.68. The number of hydrogen-bond acceptors (Lipinski definition) is 2. The lowest BCUT2D eigenvalue weighted by molar-refractivity contribution is -0.131. The number of carbonyl (C=O) groups is 2. The van der Waals surface area contributed by atoms with Crippen molar-refractivity contribution in [3.63, 3.8) is 0 Å². The summed E-state index contributed by atoms with van der Waals surface area (Å²) in [4.78, 5) is 24.7. The Bertz CT molecular complexity index is 589. The van der Waals surface area contributed by atoms with Gasteiger partial charge in [0.1, 0.15) is 0 Å². The highest BCUT2D eigenvalue weighted by Crippen LogP contribution is 2.66. The summed E-state index contributed by atoms with van der Waals surface area (Å²) in [5, 5.41) is 0. The lowest BCUT2D eigenvalue weighted by Gasteiger charge is -2.57. The predicted molar refractivity (Wildman–Crippen MR) is 90.9 cm³/mol. The van der Waals surface area contributed by atoms with Gasteiger partial charge in [-0.15, -0.1) is 0 Å². The van der Waals surface area contributed by atoms with Crippen LogP contribution in [0.3, 0.4) is 0 Å². The lowest BCUT2D eigenvalue weighted by Crippen LogP contribution is -2.52. The smallest absolute Gasteiger partial charge is 0.159 e. The van der Waals surface area contributed by atoms with Crippen LogP contribution in [0.2, 0.25) is 0 Å². The van der Waals surface area contributed by atoms with Crippen LogP contribution in [0.15, 0.2) is 11.6 Å². The Morgan fingerprint density at radius 2 is 1.87 bits per heavy atom. The van der Waals surface area contributed by atoms with Crippen LogP contribution in [0.25, 0.3) is 0 Å². The first-order valence-corrected chi connectivity index (χ1v) is 9.68. The second kappa shape index (κ2) is 5.04. The van der Waals surface area contributed by atoms with Gasteiger partial charge in [0.05, 0.1) is 0 Å². The zero-order valence-electron chi connectivity index (χ0n) is 14.9. The molecule has 3 unspecified atom stereocenters. The van der Waals surface area contributed by atoms with Crippen molar-refractivity contribution in [2.75, 3.05) is 0 Å². The fourth-order valence-corrected chi connectivity index (χ4v) is 7.17. The van der Waals surface area contributed by atoms with Crippen molar-refractivity contribution in [3.8, 4) is 0 Å². The second-order valence-electron chi connectivity index (χ2n) is 9.17. The Kier molecular flexibility index (Phi) is 3.42. The second-order valence-corrected chi connectivity index (χ2v) is 9.17. The fraction of sp³-hybridized carbons (Fsp3) is 0.810. The van der Waals surface area contributed by atoms with E-state index in [-0.39, 0.29) is 17.0 Å². The van der Waals surface area contributed by atoms with Gasteiger partial charge in [-0.3, -0.25) is 9.59 Å². The van der Waals surface area contributed by atoms with Crippen LogP contribution in [0.5, 0.6) is 0 Å². The highest BCUT2D eigenvalue weighted by atomic mass is 16.1. The molecule has 4 rings (SSSR count).